The van der Waals surface area contributed by atoms with Crippen molar-refractivity contribution < 1.29 is 4.52 Å². The molecule has 3 heterocycles. The second-order valence-electron chi connectivity index (χ2n) is 5.32. The summed E-state index contributed by atoms with van der Waals surface area (Å²) in [4.78, 5) is 12.9. The highest BCUT2D eigenvalue weighted by atomic mass is 16.5. The summed E-state index contributed by atoms with van der Waals surface area (Å²) < 4.78 is 7.03. The van der Waals surface area contributed by atoms with Crippen molar-refractivity contribution in [3.8, 4) is 0 Å². The Kier molecular flexibility index (Phi) is 1.76. The minimum absolute atomic E-state index is 0.0614. The van der Waals surface area contributed by atoms with Crippen molar-refractivity contribution >= 4 is 38.1 Å². The van der Waals surface area contributed by atoms with E-state index in [0.29, 0.717) is 16.7 Å². The molecule has 0 amide bonds. The highest BCUT2D eigenvalue weighted by Crippen LogP contribution is 2.33. The number of pyridine rings is 1. The Hall–Kier alpha value is -2.88. The third-order valence-electron chi connectivity index (χ3n) is 4.23. The van der Waals surface area contributed by atoms with E-state index in [0.717, 1.165) is 27.2 Å². The predicted molar refractivity (Wildman–Crippen MR) is 82.2 cm³/mol. The first-order valence-corrected chi connectivity index (χ1v) is 6.81. The lowest BCUT2D eigenvalue weighted by atomic mass is 10.1. The number of aromatic nitrogens is 2. The van der Waals surface area contributed by atoms with Gasteiger partial charge in [0.2, 0.25) is 0 Å². The number of hydrogen-bond donors (Lipinski definition) is 0. The number of benzene rings is 2. The van der Waals surface area contributed by atoms with E-state index in [2.05, 4.69) is 5.16 Å². The molecule has 5 rings (SSSR count). The summed E-state index contributed by atoms with van der Waals surface area (Å²) in [5, 5.41) is 7.77. The number of hydrogen-bond acceptors (Lipinski definition) is 3. The van der Waals surface area contributed by atoms with Gasteiger partial charge in [0.05, 0.1) is 11.0 Å². The van der Waals surface area contributed by atoms with E-state index in [4.69, 9.17) is 4.52 Å². The largest absolute Gasteiger partial charge is 0.360 e. The Balaban J connectivity index is 2.34. The van der Waals surface area contributed by atoms with Gasteiger partial charge < -0.3 is 4.52 Å². The molecule has 0 aliphatic rings. The van der Waals surface area contributed by atoms with Crippen LogP contribution in [0.15, 0.2) is 51.8 Å². The van der Waals surface area contributed by atoms with Crippen LogP contribution in [0.1, 0.15) is 5.76 Å². The van der Waals surface area contributed by atoms with Crippen LogP contribution in [0.5, 0.6) is 0 Å². The molecule has 0 atom stereocenters. The Bertz CT molecular complexity index is 1210. The number of para-hydroxylation sites is 2. The first-order chi connectivity index (χ1) is 10.3. The predicted octanol–water partition coefficient (Wildman–Crippen LogP) is 3.49. The van der Waals surface area contributed by atoms with Crippen molar-refractivity contribution in [2.45, 2.75) is 6.92 Å². The van der Waals surface area contributed by atoms with E-state index in [-0.39, 0.29) is 5.56 Å². The molecule has 21 heavy (non-hydrogen) atoms. The fourth-order valence-corrected chi connectivity index (χ4v) is 3.34. The molecular weight excluding hydrogens is 264 g/mol. The monoisotopic (exact) mass is 274 g/mol. The third kappa shape index (κ3) is 1.12. The third-order valence-corrected chi connectivity index (χ3v) is 4.23. The van der Waals surface area contributed by atoms with Crippen LogP contribution in [0, 0.1) is 6.92 Å². The van der Waals surface area contributed by atoms with Crippen molar-refractivity contribution in [3.63, 3.8) is 0 Å². The molecule has 0 radical (unpaired) electrons. The number of nitrogens with zero attached hydrogens (tertiary/aromatic N) is 2. The normalized spacial score (nSPS) is 12.2. The second-order valence-corrected chi connectivity index (χ2v) is 5.32. The fraction of sp³-hybridized carbons (Fsp3) is 0.0588. The van der Waals surface area contributed by atoms with Crippen molar-refractivity contribution in [1.82, 2.24) is 9.56 Å². The highest BCUT2D eigenvalue weighted by molar-refractivity contribution is 6.19. The van der Waals surface area contributed by atoms with Crippen LogP contribution in [0.4, 0.5) is 0 Å². The van der Waals surface area contributed by atoms with Crippen LogP contribution in [-0.2, 0) is 0 Å². The zero-order valence-corrected chi connectivity index (χ0v) is 11.3. The average molecular weight is 274 g/mol. The number of fused-ring (bicyclic) bond motifs is 5. The van der Waals surface area contributed by atoms with Crippen molar-refractivity contribution in [1.29, 1.82) is 0 Å². The van der Waals surface area contributed by atoms with Crippen LogP contribution < -0.4 is 5.56 Å². The Morgan fingerprint density at radius 3 is 2.67 bits per heavy atom. The van der Waals surface area contributed by atoms with Gasteiger partial charge in [0.15, 0.2) is 0 Å². The SMILES string of the molecule is Cc1onc2c1c(=O)n1c3ccccc3c3cccc2c31. The molecule has 2 aromatic carbocycles. The molecule has 0 aliphatic heterocycles. The van der Waals surface area contributed by atoms with E-state index in [1.165, 1.54) is 0 Å². The standard InChI is InChI=1S/C17H10N2O2/c1-9-14-15(18-21-9)12-7-4-6-11-10-5-2-3-8-13(10)19(16(11)12)17(14)20/h2-8H,1H3. The summed E-state index contributed by atoms with van der Waals surface area (Å²) in [6.07, 6.45) is 0. The molecule has 0 fully saturated rings. The van der Waals surface area contributed by atoms with E-state index in [1.807, 2.05) is 42.5 Å². The Labute approximate surface area is 118 Å². The minimum Gasteiger partial charge on any atom is -0.360 e. The van der Waals surface area contributed by atoms with Crippen LogP contribution in [0.25, 0.3) is 38.1 Å². The summed E-state index contributed by atoms with van der Waals surface area (Å²) in [5.74, 6) is 0.565. The van der Waals surface area contributed by atoms with Crippen LogP contribution >= 0.6 is 0 Å². The smallest absolute Gasteiger partial charge is 0.268 e. The molecule has 100 valence electrons. The molecule has 0 saturated heterocycles. The van der Waals surface area contributed by atoms with Gasteiger partial charge in [-0.1, -0.05) is 41.6 Å². The van der Waals surface area contributed by atoms with Gasteiger partial charge in [-0.2, -0.15) is 0 Å². The zero-order valence-electron chi connectivity index (χ0n) is 11.3. The van der Waals surface area contributed by atoms with E-state index >= 15 is 0 Å². The molecule has 0 unspecified atom stereocenters. The lowest BCUT2D eigenvalue weighted by Crippen LogP contribution is -2.12. The molecule has 0 N–H and O–H groups in total. The molecule has 0 bridgehead atoms. The maximum atomic E-state index is 12.9. The summed E-state index contributed by atoms with van der Waals surface area (Å²) >= 11 is 0. The maximum Gasteiger partial charge on any atom is 0.268 e. The van der Waals surface area contributed by atoms with Gasteiger partial charge in [0.25, 0.3) is 5.56 Å². The zero-order chi connectivity index (χ0) is 14.1. The first kappa shape index (κ1) is 10.9. The number of rotatable bonds is 0. The average Bonchev–Trinajstić information content (AvgIpc) is 3.05. The maximum absolute atomic E-state index is 12.9. The molecule has 5 aromatic rings. The first-order valence-electron chi connectivity index (χ1n) is 6.81. The fourth-order valence-electron chi connectivity index (χ4n) is 3.34. The Morgan fingerprint density at radius 2 is 1.76 bits per heavy atom. The van der Waals surface area contributed by atoms with Gasteiger partial charge in [-0.05, 0) is 13.0 Å². The van der Waals surface area contributed by atoms with Crippen LogP contribution in [-0.4, -0.2) is 9.56 Å². The van der Waals surface area contributed by atoms with E-state index in [9.17, 15) is 4.79 Å². The molecule has 0 spiro atoms. The van der Waals surface area contributed by atoms with Gasteiger partial charge in [0, 0.05) is 16.2 Å². The lowest BCUT2D eigenvalue weighted by molar-refractivity contribution is 0.406. The van der Waals surface area contributed by atoms with Crippen molar-refractivity contribution in [2.75, 3.05) is 0 Å². The highest BCUT2D eigenvalue weighted by Gasteiger charge is 2.20. The van der Waals surface area contributed by atoms with Gasteiger partial charge >= 0.3 is 0 Å². The Morgan fingerprint density at radius 1 is 1.00 bits per heavy atom. The quantitative estimate of drug-likeness (QED) is 0.434. The lowest BCUT2D eigenvalue weighted by Gasteiger charge is -2.01. The van der Waals surface area contributed by atoms with E-state index in [1.54, 1.807) is 11.3 Å². The molecule has 4 nitrogen and oxygen atoms in total. The van der Waals surface area contributed by atoms with Crippen LogP contribution in [0.3, 0.4) is 0 Å². The summed E-state index contributed by atoms with van der Waals surface area (Å²) in [6.45, 7) is 1.78. The van der Waals surface area contributed by atoms with Gasteiger partial charge in [-0.3, -0.25) is 9.20 Å². The molecule has 4 heteroatoms. The van der Waals surface area contributed by atoms with Crippen molar-refractivity contribution in [2.24, 2.45) is 0 Å². The minimum atomic E-state index is -0.0614. The van der Waals surface area contributed by atoms with Gasteiger partial charge in [-0.15, -0.1) is 0 Å². The summed E-state index contributed by atoms with van der Waals surface area (Å²) in [7, 11) is 0. The molecule has 0 aliphatic carbocycles. The van der Waals surface area contributed by atoms with E-state index < -0.39 is 0 Å². The van der Waals surface area contributed by atoms with Crippen molar-refractivity contribution in [3.05, 3.63) is 58.6 Å². The number of aryl methyl sites for hydroxylation is 1. The summed E-state index contributed by atoms with van der Waals surface area (Å²) in [5.41, 5.74) is 2.44. The molecule has 3 aromatic heterocycles. The topological polar surface area (TPSA) is 47.5 Å². The van der Waals surface area contributed by atoms with Crippen LogP contribution in [0.2, 0.25) is 0 Å². The molecular formula is C17H10N2O2. The second kappa shape index (κ2) is 3.41. The summed E-state index contributed by atoms with van der Waals surface area (Å²) in [6, 6.07) is 14.0. The van der Waals surface area contributed by atoms with Gasteiger partial charge in [0.1, 0.15) is 16.7 Å². The molecule has 0 saturated carbocycles. The van der Waals surface area contributed by atoms with Gasteiger partial charge in [-0.25, -0.2) is 0 Å².